The third kappa shape index (κ3) is 2.49. The summed E-state index contributed by atoms with van der Waals surface area (Å²) in [6, 6.07) is 6.88. The lowest BCUT2D eigenvalue weighted by Crippen LogP contribution is -2.01. The second-order valence-corrected chi connectivity index (χ2v) is 3.35. The number of rotatable bonds is 3. The first-order chi connectivity index (χ1) is 8.19. The zero-order valence-electron chi connectivity index (χ0n) is 9.16. The lowest BCUT2D eigenvalue weighted by atomic mass is 10.2. The number of aromatic nitrogens is 4. The largest absolute Gasteiger partial charge is 0.484 e. The van der Waals surface area contributed by atoms with Gasteiger partial charge < -0.3 is 10.5 Å². The van der Waals surface area contributed by atoms with Gasteiger partial charge in [-0.25, -0.2) is 0 Å². The number of benzene rings is 1. The van der Waals surface area contributed by atoms with E-state index < -0.39 is 0 Å². The van der Waals surface area contributed by atoms with Crippen LogP contribution in [0.2, 0.25) is 0 Å². The van der Waals surface area contributed by atoms with E-state index in [1.807, 2.05) is 6.07 Å². The van der Waals surface area contributed by atoms with Crippen LogP contribution in [0.3, 0.4) is 0 Å². The van der Waals surface area contributed by atoms with Crippen molar-refractivity contribution in [2.24, 2.45) is 7.05 Å². The van der Waals surface area contributed by atoms with Crippen molar-refractivity contribution in [1.29, 1.82) is 5.26 Å². The molecule has 86 valence electrons. The molecule has 0 aliphatic rings. The average molecular weight is 230 g/mol. The number of hydrogen-bond acceptors (Lipinski definition) is 6. The lowest BCUT2D eigenvalue weighted by Gasteiger charge is -2.05. The fourth-order valence-electron chi connectivity index (χ4n) is 1.28. The van der Waals surface area contributed by atoms with Gasteiger partial charge in [-0.2, -0.15) is 10.1 Å². The Morgan fingerprint density at radius 2 is 2.35 bits per heavy atom. The van der Waals surface area contributed by atoms with E-state index in [-0.39, 0.29) is 6.61 Å². The fourth-order valence-corrected chi connectivity index (χ4v) is 1.28. The van der Waals surface area contributed by atoms with Gasteiger partial charge in [-0.1, -0.05) is 0 Å². The lowest BCUT2D eigenvalue weighted by molar-refractivity contribution is 0.294. The van der Waals surface area contributed by atoms with Crippen molar-refractivity contribution in [1.82, 2.24) is 20.2 Å². The molecule has 0 aliphatic carbocycles. The quantitative estimate of drug-likeness (QED) is 0.758. The van der Waals surface area contributed by atoms with Gasteiger partial charge in [-0.15, -0.1) is 10.2 Å². The Kier molecular flexibility index (Phi) is 2.87. The molecule has 17 heavy (non-hydrogen) atoms. The van der Waals surface area contributed by atoms with E-state index in [4.69, 9.17) is 15.7 Å². The zero-order valence-corrected chi connectivity index (χ0v) is 9.16. The first-order valence-electron chi connectivity index (χ1n) is 4.84. The highest BCUT2D eigenvalue weighted by atomic mass is 16.5. The number of hydrogen-bond donors (Lipinski definition) is 1. The third-order valence-electron chi connectivity index (χ3n) is 2.03. The molecule has 7 heteroatoms. The smallest absolute Gasteiger partial charge is 0.212 e. The van der Waals surface area contributed by atoms with Gasteiger partial charge in [0.05, 0.1) is 12.6 Å². The molecule has 0 saturated carbocycles. The second-order valence-electron chi connectivity index (χ2n) is 3.35. The molecular formula is C10H10N6O. The predicted molar refractivity (Wildman–Crippen MR) is 58.7 cm³/mol. The Hall–Kier alpha value is -2.62. The summed E-state index contributed by atoms with van der Waals surface area (Å²) in [6.45, 7) is 0.159. The van der Waals surface area contributed by atoms with E-state index >= 15 is 0 Å². The van der Waals surface area contributed by atoms with Crippen molar-refractivity contribution >= 4 is 5.69 Å². The van der Waals surface area contributed by atoms with Gasteiger partial charge in [0.25, 0.3) is 0 Å². The van der Waals surface area contributed by atoms with E-state index in [1.54, 1.807) is 25.2 Å². The molecule has 2 rings (SSSR count). The molecule has 1 aromatic carbocycles. The number of nitrogens with two attached hydrogens (primary N) is 1. The summed E-state index contributed by atoms with van der Waals surface area (Å²) < 4.78 is 5.43. The van der Waals surface area contributed by atoms with Gasteiger partial charge in [-0.05, 0) is 23.4 Å². The summed E-state index contributed by atoms with van der Waals surface area (Å²) in [5.41, 5.74) is 6.47. The van der Waals surface area contributed by atoms with Crippen molar-refractivity contribution in [2.45, 2.75) is 6.61 Å². The Morgan fingerprint density at radius 1 is 1.53 bits per heavy atom. The topological polar surface area (TPSA) is 103 Å². The van der Waals surface area contributed by atoms with Gasteiger partial charge in [-0.3, -0.25) is 0 Å². The summed E-state index contributed by atoms with van der Waals surface area (Å²) in [5, 5.41) is 20.3. The van der Waals surface area contributed by atoms with E-state index in [9.17, 15) is 0 Å². The van der Waals surface area contributed by atoms with Crippen LogP contribution < -0.4 is 10.5 Å². The van der Waals surface area contributed by atoms with Crippen LogP contribution in [0.4, 0.5) is 5.69 Å². The Balaban J connectivity index is 2.12. The molecule has 0 amide bonds. The maximum Gasteiger partial charge on any atom is 0.212 e. The number of nitrogen functional groups attached to an aromatic ring is 1. The van der Waals surface area contributed by atoms with Crippen molar-refractivity contribution in [3.63, 3.8) is 0 Å². The normalized spacial score (nSPS) is 9.88. The van der Waals surface area contributed by atoms with Crippen LogP contribution in [0.15, 0.2) is 18.2 Å². The van der Waals surface area contributed by atoms with E-state index in [0.29, 0.717) is 22.8 Å². The highest BCUT2D eigenvalue weighted by Crippen LogP contribution is 2.20. The number of nitrogens with zero attached hydrogens (tertiary/aromatic N) is 5. The molecular weight excluding hydrogens is 220 g/mol. The minimum Gasteiger partial charge on any atom is -0.484 e. The number of tetrazole rings is 1. The molecule has 1 aromatic heterocycles. The van der Waals surface area contributed by atoms with Crippen molar-refractivity contribution in [3.05, 3.63) is 29.6 Å². The van der Waals surface area contributed by atoms with Crippen LogP contribution in [0.25, 0.3) is 0 Å². The molecule has 0 aliphatic heterocycles. The van der Waals surface area contributed by atoms with Crippen molar-refractivity contribution < 1.29 is 4.74 Å². The van der Waals surface area contributed by atoms with Gasteiger partial charge in [0, 0.05) is 5.69 Å². The molecule has 0 saturated heterocycles. The SMILES string of the molecule is Cn1nnc(COc2ccc(N)cc2C#N)n1. The van der Waals surface area contributed by atoms with Crippen LogP contribution in [-0.2, 0) is 13.7 Å². The summed E-state index contributed by atoms with van der Waals surface area (Å²) in [6.07, 6.45) is 0. The molecule has 0 atom stereocenters. The number of nitriles is 1. The summed E-state index contributed by atoms with van der Waals surface area (Å²) in [5.74, 6) is 0.905. The highest BCUT2D eigenvalue weighted by molar-refractivity contribution is 5.53. The van der Waals surface area contributed by atoms with E-state index in [2.05, 4.69) is 15.4 Å². The first kappa shape index (κ1) is 10.9. The van der Waals surface area contributed by atoms with Gasteiger partial charge in [0.1, 0.15) is 11.8 Å². The van der Waals surface area contributed by atoms with E-state index in [1.165, 1.54) is 4.80 Å². The third-order valence-corrected chi connectivity index (χ3v) is 2.03. The highest BCUT2D eigenvalue weighted by Gasteiger charge is 2.06. The molecule has 2 aromatic rings. The van der Waals surface area contributed by atoms with E-state index in [0.717, 1.165) is 0 Å². The summed E-state index contributed by atoms with van der Waals surface area (Å²) in [7, 11) is 1.67. The average Bonchev–Trinajstić information content (AvgIpc) is 2.73. The number of anilines is 1. The molecule has 0 bridgehead atoms. The van der Waals surface area contributed by atoms with Crippen LogP contribution in [0.1, 0.15) is 11.4 Å². The van der Waals surface area contributed by atoms with Gasteiger partial charge >= 0.3 is 0 Å². The Labute approximate surface area is 97.4 Å². The molecule has 0 spiro atoms. The summed E-state index contributed by atoms with van der Waals surface area (Å²) >= 11 is 0. The second kappa shape index (κ2) is 4.49. The Bertz CT molecular complexity index is 570. The number of ether oxygens (including phenoxy) is 1. The minimum atomic E-state index is 0.159. The Morgan fingerprint density at radius 3 is 3.00 bits per heavy atom. The number of aryl methyl sites for hydroxylation is 1. The minimum absolute atomic E-state index is 0.159. The van der Waals surface area contributed by atoms with Crippen LogP contribution in [-0.4, -0.2) is 20.2 Å². The molecule has 7 nitrogen and oxygen atoms in total. The molecule has 0 unspecified atom stereocenters. The summed E-state index contributed by atoms with van der Waals surface area (Å²) in [4.78, 5) is 1.34. The zero-order chi connectivity index (χ0) is 12.3. The fraction of sp³-hybridized carbons (Fsp3) is 0.200. The molecule has 2 N–H and O–H groups in total. The maximum absolute atomic E-state index is 8.91. The van der Waals surface area contributed by atoms with Crippen molar-refractivity contribution in [3.8, 4) is 11.8 Å². The molecule has 0 radical (unpaired) electrons. The standard InChI is InChI=1S/C10H10N6O/c1-16-14-10(13-15-16)6-17-9-3-2-8(12)4-7(9)5-11/h2-4H,6,12H2,1H3. The van der Waals surface area contributed by atoms with Crippen LogP contribution in [0.5, 0.6) is 5.75 Å². The molecule has 0 fully saturated rings. The van der Waals surface area contributed by atoms with Crippen molar-refractivity contribution in [2.75, 3.05) is 5.73 Å². The maximum atomic E-state index is 8.91. The van der Waals surface area contributed by atoms with Crippen LogP contribution in [0, 0.1) is 11.3 Å². The van der Waals surface area contributed by atoms with Gasteiger partial charge in [0.15, 0.2) is 6.61 Å². The van der Waals surface area contributed by atoms with Gasteiger partial charge in [0.2, 0.25) is 5.82 Å². The monoisotopic (exact) mass is 230 g/mol. The molecule has 1 heterocycles. The predicted octanol–water partition coefficient (Wildman–Crippen LogP) is 0.243. The van der Waals surface area contributed by atoms with Crippen LogP contribution >= 0.6 is 0 Å². The first-order valence-corrected chi connectivity index (χ1v) is 4.84.